The van der Waals surface area contributed by atoms with Crippen LogP contribution in [0.3, 0.4) is 0 Å². The number of hydrogen-bond donors (Lipinski definition) is 2. The van der Waals surface area contributed by atoms with Gasteiger partial charge in [0.2, 0.25) is 0 Å². The van der Waals surface area contributed by atoms with E-state index in [2.05, 4.69) is 13.8 Å². The largest absolute Gasteiger partial charge is 0.481 e. The van der Waals surface area contributed by atoms with Crippen molar-refractivity contribution in [1.82, 2.24) is 0 Å². The summed E-state index contributed by atoms with van der Waals surface area (Å²) >= 11 is 0. The van der Waals surface area contributed by atoms with Crippen molar-refractivity contribution in [2.75, 3.05) is 0 Å². The Bertz CT molecular complexity index is 480. The van der Waals surface area contributed by atoms with E-state index in [1.54, 1.807) is 0 Å². The van der Waals surface area contributed by atoms with Crippen LogP contribution in [0.1, 0.15) is 232 Å². The third-order valence-corrected chi connectivity index (χ3v) is 8.49. The van der Waals surface area contributed by atoms with Crippen LogP contribution in [0.25, 0.3) is 0 Å². The van der Waals surface area contributed by atoms with E-state index in [-0.39, 0.29) is 27.3 Å². The molecule has 0 rings (SSSR count). The van der Waals surface area contributed by atoms with Crippen LogP contribution in [0.4, 0.5) is 0 Å². The van der Waals surface area contributed by atoms with E-state index in [0.717, 1.165) is 25.7 Å². The van der Waals surface area contributed by atoms with E-state index in [0.29, 0.717) is 12.8 Å². The molecular formula is C38H76CdO4. The van der Waals surface area contributed by atoms with Gasteiger partial charge in [-0.15, -0.1) is 0 Å². The van der Waals surface area contributed by atoms with E-state index in [1.807, 2.05) is 0 Å². The molecule has 0 aromatic heterocycles. The Labute approximate surface area is 289 Å². The summed E-state index contributed by atoms with van der Waals surface area (Å²) in [7, 11) is 0. The normalized spacial score (nSPS) is 10.7. The average molecular weight is 709 g/mol. The molecule has 0 atom stereocenters. The minimum atomic E-state index is -0.652. The predicted octanol–water partition coefficient (Wildman–Crippen LogP) is 13.4. The number of carbonyl (C=O) groups is 2. The Hall–Kier alpha value is -0.138. The quantitative estimate of drug-likeness (QED) is 0.0515. The third kappa shape index (κ3) is 51.7. The van der Waals surface area contributed by atoms with Gasteiger partial charge in [0, 0.05) is 40.1 Å². The molecule has 254 valence electrons. The topological polar surface area (TPSA) is 74.6 Å². The minimum Gasteiger partial charge on any atom is -0.481 e. The third-order valence-electron chi connectivity index (χ3n) is 8.49. The number of unbranched alkanes of at least 4 members (excludes halogenated alkanes) is 30. The number of rotatable bonds is 34. The minimum absolute atomic E-state index is 0. The Balaban J connectivity index is -0.000000727. The van der Waals surface area contributed by atoms with Crippen LogP contribution in [-0.4, -0.2) is 22.2 Å². The van der Waals surface area contributed by atoms with Gasteiger partial charge in [0.15, 0.2) is 0 Å². The van der Waals surface area contributed by atoms with E-state index in [1.165, 1.54) is 180 Å². The Morgan fingerprint density at radius 1 is 0.302 bits per heavy atom. The molecule has 0 spiro atoms. The summed E-state index contributed by atoms with van der Waals surface area (Å²) in [6.07, 6.45) is 43.3. The second kappa shape index (κ2) is 44.0. The molecule has 0 aliphatic carbocycles. The van der Waals surface area contributed by atoms with Crippen molar-refractivity contribution in [2.24, 2.45) is 0 Å². The van der Waals surface area contributed by atoms with E-state index >= 15 is 0 Å². The Morgan fingerprint density at radius 2 is 0.442 bits per heavy atom. The summed E-state index contributed by atoms with van der Waals surface area (Å²) in [6, 6.07) is 0. The molecule has 0 aromatic rings. The van der Waals surface area contributed by atoms with Crippen molar-refractivity contribution in [3.63, 3.8) is 0 Å². The van der Waals surface area contributed by atoms with Gasteiger partial charge in [-0.2, -0.15) is 0 Å². The second-order valence-electron chi connectivity index (χ2n) is 12.9. The van der Waals surface area contributed by atoms with Crippen molar-refractivity contribution < 1.29 is 47.1 Å². The average Bonchev–Trinajstić information content (AvgIpc) is 2.97. The molecule has 0 aliphatic heterocycles. The van der Waals surface area contributed by atoms with Gasteiger partial charge in [-0.25, -0.2) is 0 Å². The fraction of sp³-hybridized carbons (Fsp3) is 0.947. The van der Waals surface area contributed by atoms with Crippen LogP contribution in [0.15, 0.2) is 0 Å². The molecule has 5 heteroatoms. The fourth-order valence-electron chi connectivity index (χ4n) is 5.65. The fourth-order valence-corrected chi connectivity index (χ4v) is 5.65. The number of carboxylic acid groups (broad SMARTS) is 2. The van der Waals surface area contributed by atoms with Crippen LogP contribution in [0.5, 0.6) is 0 Å². The van der Waals surface area contributed by atoms with Crippen LogP contribution in [0, 0.1) is 0 Å². The van der Waals surface area contributed by atoms with Gasteiger partial charge in [-0.3, -0.25) is 9.59 Å². The molecule has 2 N–H and O–H groups in total. The molecule has 43 heavy (non-hydrogen) atoms. The van der Waals surface area contributed by atoms with Crippen LogP contribution in [-0.2, 0) is 36.9 Å². The van der Waals surface area contributed by atoms with Crippen LogP contribution >= 0.6 is 0 Å². The van der Waals surface area contributed by atoms with E-state index < -0.39 is 11.9 Å². The van der Waals surface area contributed by atoms with Gasteiger partial charge in [0.05, 0.1) is 0 Å². The van der Waals surface area contributed by atoms with Crippen LogP contribution < -0.4 is 0 Å². The zero-order valence-electron chi connectivity index (χ0n) is 29.5. The van der Waals surface area contributed by atoms with Crippen molar-refractivity contribution in [3.05, 3.63) is 0 Å². The molecule has 0 amide bonds. The first-order valence-corrected chi connectivity index (χ1v) is 19.0. The molecule has 0 aromatic carbocycles. The van der Waals surface area contributed by atoms with Crippen molar-refractivity contribution in [1.29, 1.82) is 0 Å². The van der Waals surface area contributed by atoms with E-state index in [4.69, 9.17) is 10.2 Å². The molecule has 0 unspecified atom stereocenters. The molecule has 4 nitrogen and oxygen atoms in total. The smallest absolute Gasteiger partial charge is 0.303 e. The first-order chi connectivity index (χ1) is 20.5. The Kier molecular flexibility index (Phi) is 48.4. The van der Waals surface area contributed by atoms with Crippen molar-refractivity contribution in [2.45, 2.75) is 232 Å². The number of aliphatic carboxylic acids is 2. The summed E-state index contributed by atoms with van der Waals surface area (Å²) in [4.78, 5) is 20.7. The summed E-state index contributed by atoms with van der Waals surface area (Å²) in [5.41, 5.74) is 0. The number of carboxylic acids is 2. The van der Waals surface area contributed by atoms with Gasteiger partial charge in [-0.05, 0) is 12.8 Å². The maximum absolute atomic E-state index is 10.3. The molecule has 0 bridgehead atoms. The Morgan fingerprint density at radius 3 is 0.581 bits per heavy atom. The maximum Gasteiger partial charge on any atom is 0.303 e. The van der Waals surface area contributed by atoms with Gasteiger partial charge in [0.25, 0.3) is 0 Å². The standard InChI is InChI=1S/2C19H38O2.Cd/c2*1-2-3-4-5-6-7-8-9-10-11-12-13-14-15-16-17-18-19(20)21;/h2*2-18H2,1H3,(H,20,21);. The monoisotopic (exact) mass is 710 g/mol. The zero-order valence-corrected chi connectivity index (χ0v) is 33.5. The van der Waals surface area contributed by atoms with Gasteiger partial charge in [0.1, 0.15) is 0 Å². The molecule has 0 aliphatic rings. The van der Waals surface area contributed by atoms with Gasteiger partial charge >= 0.3 is 11.9 Å². The molecule has 0 radical (unpaired) electrons. The molecule has 0 saturated heterocycles. The number of hydrogen-bond acceptors (Lipinski definition) is 2. The van der Waals surface area contributed by atoms with Crippen molar-refractivity contribution in [3.8, 4) is 0 Å². The predicted molar refractivity (Wildman–Crippen MR) is 184 cm³/mol. The first-order valence-electron chi connectivity index (χ1n) is 19.0. The van der Waals surface area contributed by atoms with Crippen molar-refractivity contribution >= 4 is 11.9 Å². The summed E-state index contributed by atoms with van der Waals surface area (Å²) < 4.78 is 0. The molecule has 0 saturated carbocycles. The first kappa shape index (κ1) is 47.3. The van der Waals surface area contributed by atoms with Gasteiger partial charge in [-0.1, -0.05) is 206 Å². The second-order valence-corrected chi connectivity index (χ2v) is 12.9. The van der Waals surface area contributed by atoms with E-state index in [9.17, 15) is 9.59 Å². The summed E-state index contributed by atoms with van der Waals surface area (Å²) in [5, 5.41) is 17.1. The maximum atomic E-state index is 10.3. The summed E-state index contributed by atoms with van der Waals surface area (Å²) in [6.45, 7) is 4.55. The SMILES string of the molecule is CCCCCCCCCCCCCCCCCCC(=O)O.CCCCCCCCCCCCCCCCCCC(=O)O.[Cd]. The molecule has 0 fully saturated rings. The molecule has 0 heterocycles. The zero-order chi connectivity index (χ0) is 31.2. The summed E-state index contributed by atoms with van der Waals surface area (Å²) in [5.74, 6) is -1.30. The molecular weight excluding hydrogens is 633 g/mol. The van der Waals surface area contributed by atoms with Gasteiger partial charge < -0.3 is 10.2 Å². The van der Waals surface area contributed by atoms with Crippen LogP contribution in [0.2, 0.25) is 0 Å².